The molecule has 124 valence electrons. The fourth-order valence-electron chi connectivity index (χ4n) is 3.08. The molecule has 2 amide bonds. The van der Waals surface area contributed by atoms with Crippen molar-refractivity contribution >= 4 is 17.5 Å². The lowest BCUT2D eigenvalue weighted by Crippen LogP contribution is -2.46. The Morgan fingerprint density at radius 1 is 1.08 bits per heavy atom. The molecule has 1 heterocycles. The molecule has 1 atom stereocenters. The number of hydrogen-bond donors (Lipinski definition) is 1. The lowest BCUT2D eigenvalue weighted by atomic mass is 10.1. The Morgan fingerprint density at radius 3 is 2.58 bits per heavy atom. The van der Waals surface area contributed by atoms with E-state index in [4.69, 9.17) is 0 Å². The molecule has 0 fully saturated rings. The van der Waals surface area contributed by atoms with Gasteiger partial charge in [0.1, 0.15) is 6.04 Å². The topological polar surface area (TPSA) is 49.4 Å². The molecular formula is C20H22N2O2. The normalized spacial score (nSPS) is 14.1. The Hall–Kier alpha value is -2.62. The minimum absolute atomic E-state index is 0.0481. The lowest BCUT2D eigenvalue weighted by Gasteiger charge is -2.22. The third-order valence-electron chi connectivity index (χ3n) is 4.38. The van der Waals surface area contributed by atoms with Gasteiger partial charge in [0.2, 0.25) is 11.8 Å². The molecule has 0 aliphatic carbocycles. The van der Waals surface area contributed by atoms with Crippen molar-refractivity contribution < 1.29 is 9.59 Å². The summed E-state index contributed by atoms with van der Waals surface area (Å²) in [5.41, 5.74) is 3.28. The number of nitrogens with one attached hydrogen (secondary N) is 1. The van der Waals surface area contributed by atoms with Crippen LogP contribution in [0.1, 0.15) is 24.5 Å². The fraction of sp³-hybridized carbons (Fsp3) is 0.300. The maximum atomic E-state index is 12.6. The molecule has 0 spiro atoms. The smallest absolute Gasteiger partial charge is 0.249 e. The van der Waals surface area contributed by atoms with Gasteiger partial charge in [-0.05, 0) is 37.0 Å². The van der Waals surface area contributed by atoms with E-state index in [2.05, 4.69) is 5.32 Å². The van der Waals surface area contributed by atoms with Crippen molar-refractivity contribution in [1.82, 2.24) is 5.32 Å². The van der Waals surface area contributed by atoms with Gasteiger partial charge in [0.15, 0.2) is 0 Å². The van der Waals surface area contributed by atoms with E-state index in [0.29, 0.717) is 19.4 Å². The summed E-state index contributed by atoms with van der Waals surface area (Å²) in [4.78, 5) is 26.5. The highest BCUT2D eigenvalue weighted by atomic mass is 16.2. The number of carbonyl (C=O) groups excluding carboxylic acids is 2. The van der Waals surface area contributed by atoms with Gasteiger partial charge >= 0.3 is 0 Å². The van der Waals surface area contributed by atoms with Gasteiger partial charge in [-0.25, -0.2) is 0 Å². The second kappa shape index (κ2) is 7.30. The molecule has 3 rings (SSSR count). The molecule has 0 saturated heterocycles. The number of hydrogen-bond acceptors (Lipinski definition) is 2. The van der Waals surface area contributed by atoms with E-state index in [9.17, 15) is 9.59 Å². The van der Waals surface area contributed by atoms with E-state index < -0.39 is 6.04 Å². The van der Waals surface area contributed by atoms with Crippen LogP contribution in [0.25, 0.3) is 0 Å². The standard InChI is InChI=1S/C20H22N2O2/c1-15(21-19(23)12-11-16-7-3-2-4-8-16)20(24)22-14-13-17-9-5-6-10-18(17)22/h2-10,15H,11-14H2,1H3,(H,21,23)/t15-/m0/s1. The van der Waals surface area contributed by atoms with Crippen LogP contribution in [0.2, 0.25) is 0 Å². The van der Waals surface area contributed by atoms with Crippen molar-refractivity contribution in [3.8, 4) is 0 Å². The number of aryl methyl sites for hydroxylation is 1. The zero-order valence-corrected chi connectivity index (χ0v) is 13.9. The van der Waals surface area contributed by atoms with Crippen molar-refractivity contribution in [2.45, 2.75) is 32.2 Å². The largest absolute Gasteiger partial charge is 0.345 e. The second-order valence-corrected chi connectivity index (χ2v) is 6.14. The maximum Gasteiger partial charge on any atom is 0.249 e. The van der Waals surface area contributed by atoms with Crippen LogP contribution in [0.4, 0.5) is 5.69 Å². The van der Waals surface area contributed by atoms with E-state index in [1.165, 1.54) is 5.56 Å². The second-order valence-electron chi connectivity index (χ2n) is 6.14. The number of fused-ring (bicyclic) bond motifs is 1. The summed E-state index contributed by atoms with van der Waals surface area (Å²) in [6, 6.07) is 17.3. The van der Waals surface area contributed by atoms with Crippen molar-refractivity contribution in [3.63, 3.8) is 0 Å². The summed E-state index contributed by atoms with van der Waals surface area (Å²) >= 11 is 0. The van der Waals surface area contributed by atoms with Crippen LogP contribution in [0, 0.1) is 0 Å². The molecule has 1 aliphatic rings. The van der Waals surface area contributed by atoms with Gasteiger partial charge in [-0.2, -0.15) is 0 Å². The van der Waals surface area contributed by atoms with Crippen LogP contribution in [-0.2, 0) is 22.4 Å². The van der Waals surface area contributed by atoms with Gasteiger partial charge in [0.25, 0.3) is 0 Å². The van der Waals surface area contributed by atoms with E-state index in [0.717, 1.165) is 17.7 Å². The Kier molecular flexibility index (Phi) is 4.94. The van der Waals surface area contributed by atoms with Crippen molar-refractivity contribution in [1.29, 1.82) is 0 Å². The number of amides is 2. The fourth-order valence-corrected chi connectivity index (χ4v) is 3.08. The predicted octanol–water partition coefficient (Wildman–Crippen LogP) is 2.71. The third-order valence-corrected chi connectivity index (χ3v) is 4.38. The summed E-state index contributed by atoms with van der Waals surface area (Å²) in [6.07, 6.45) is 1.94. The molecule has 1 aliphatic heterocycles. The zero-order valence-electron chi connectivity index (χ0n) is 13.9. The van der Waals surface area contributed by atoms with Crippen molar-refractivity contribution in [2.24, 2.45) is 0 Å². The van der Waals surface area contributed by atoms with Crippen LogP contribution in [0.15, 0.2) is 54.6 Å². The Balaban J connectivity index is 1.54. The molecule has 4 heteroatoms. The predicted molar refractivity (Wildman–Crippen MR) is 94.9 cm³/mol. The summed E-state index contributed by atoms with van der Waals surface area (Å²) in [6.45, 7) is 2.44. The number of carbonyl (C=O) groups is 2. The number of para-hydroxylation sites is 1. The number of nitrogens with zero attached hydrogens (tertiary/aromatic N) is 1. The summed E-state index contributed by atoms with van der Waals surface area (Å²) in [5.74, 6) is -0.139. The summed E-state index contributed by atoms with van der Waals surface area (Å²) in [5, 5.41) is 2.83. The van der Waals surface area contributed by atoms with Crippen LogP contribution in [0.5, 0.6) is 0 Å². The molecule has 4 nitrogen and oxygen atoms in total. The zero-order chi connectivity index (χ0) is 16.9. The van der Waals surface area contributed by atoms with Gasteiger partial charge in [0.05, 0.1) is 0 Å². The minimum Gasteiger partial charge on any atom is -0.345 e. The lowest BCUT2D eigenvalue weighted by molar-refractivity contribution is -0.127. The quantitative estimate of drug-likeness (QED) is 0.920. The molecule has 2 aromatic rings. The van der Waals surface area contributed by atoms with Gasteiger partial charge in [-0.3, -0.25) is 9.59 Å². The highest BCUT2D eigenvalue weighted by molar-refractivity contribution is 6.00. The first kappa shape index (κ1) is 16.2. The number of rotatable bonds is 5. The average molecular weight is 322 g/mol. The van der Waals surface area contributed by atoms with Crippen LogP contribution in [0.3, 0.4) is 0 Å². The molecular weight excluding hydrogens is 300 g/mol. The van der Waals surface area contributed by atoms with Gasteiger partial charge < -0.3 is 10.2 Å². The Morgan fingerprint density at radius 2 is 1.79 bits per heavy atom. The van der Waals surface area contributed by atoms with E-state index in [1.807, 2.05) is 54.6 Å². The maximum absolute atomic E-state index is 12.6. The first-order chi connectivity index (χ1) is 11.6. The molecule has 0 saturated carbocycles. The molecule has 0 unspecified atom stereocenters. The first-order valence-corrected chi connectivity index (χ1v) is 8.38. The molecule has 0 radical (unpaired) electrons. The average Bonchev–Trinajstić information content (AvgIpc) is 3.04. The van der Waals surface area contributed by atoms with E-state index in [1.54, 1.807) is 11.8 Å². The Labute approximate surface area is 142 Å². The molecule has 1 N–H and O–H groups in total. The Bertz CT molecular complexity index is 727. The number of benzene rings is 2. The van der Waals surface area contributed by atoms with Crippen LogP contribution < -0.4 is 10.2 Å². The van der Waals surface area contributed by atoms with Crippen molar-refractivity contribution in [3.05, 3.63) is 65.7 Å². The minimum atomic E-state index is -0.514. The summed E-state index contributed by atoms with van der Waals surface area (Å²) < 4.78 is 0. The number of anilines is 1. The van der Waals surface area contributed by atoms with Gasteiger partial charge in [-0.15, -0.1) is 0 Å². The van der Waals surface area contributed by atoms with E-state index >= 15 is 0 Å². The third kappa shape index (κ3) is 3.65. The van der Waals surface area contributed by atoms with Crippen LogP contribution in [-0.4, -0.2) is 24.4 Å². The SMILES string of the molecule is C[C@H](NC(=O)CCc1ccccc1)C(=O)N1CCc2ccccc21. The highest BCUT2D eigenvalue weighted by Crippen LogP contribution is 2.27. The monoisotopic (exact) mass is 322 g/mol. The molecule has 24 heavy (non-hydrogen) atoms. The molecule has 0 aromatic heterocycles. The van der Waals surface area contributed by atoms with E-state index in [-0.39, 0.29) is 11.8 Å². The summed E-state index contributed by atoms with van der Waals surface area (Å²) in [7, 11) is 0. The van der Waals surface area contributed by atoms with Gasteiger partial charge in [-0.1, -0.05) is 48.5 Å². The van der Waals surface area contributed by atoms with Gasteiger partial charge in [0, 0.05) is 18.7 Å². The molecule has 0 bridgehead atoms. The van der Waals surface area contributed by atoms with Crippen molar-refractivity contribution in [2.75, 3.05) is 11.4 Å². The highest BCUT2D eigenvalue weighted by Gasteiger charge is 2.28. The molecule has 2 aromatic carbocycles. The first-order valence-electron chi connectivity index (χ1n) is 8.38. The van der Waals surface area contributed by atoms with Crippen LogP contribution >= 0.6 is 0 Å².